The van der Waals surface area contributed by atoms with Crippen molar-refractivity contribution in [3.8, 4) is 11.3 Å². The van der Waals surface area contributed by atoms with Crippen LogP contribution in [-0.2, 0) is 14.9 Å². The summed E-state index contributed by atoms with van der Waals surface area (Å²) in [5, 5.41) is 11.1. The van der Waals surface area contributed by atoms with Gasteiger partial charge in [0.25, 0.3) is 0 Å². The number of aryl methyl sites for hydroxylation is 2. The summed E-state index contributed by atoms with van der Waals surface area (Å²) in [5.41, 5.74) is 4.06. The van der Waals surface area contributed by atoms with Gasteiger partial charge in [0.15, 0.2) is 0 Å². The number of fused-ring (bicyclic) bond motifs is 1. The molecule has 0 aliphatic rings. The summed E-state index contributed by atoms with van der Waals surface area (Å²) >= 11 is 0. The minimum atomic E-state index is -0.862. The Morgan fingerprint density at radius 3 is 1.95 bits per heavy atom. The lowest BCUT2D eigenvalue weighted by Crippen LogP contribution is -2.46. The van der Waals surface area contributed by atoms with Crippen molar-refractivity contribution in [3.63, 3.8) is 0 Å². The average molecular weight is 578 g/mol. The topological polar surface area (TPSA) is 84.7 Å². The number of hydrogen-bond donors (Lipinski definition) is 1. The van der Waals surface area contributed by atoms with Gasteiger partial charge in [0, 0.05) is 37.2 Å². The quantitative estimate of drug-likeness (QED) is 0.283. The number of nitrogens with zero attached hydrogens (tertiary/aromatic N) is 3. The van der Waals surface area contributed by atoms with Gasteiger partial charge >= 0.3 is 6.09 Å². The minimum Gasteiger partial charge on any atom is -0.443 e. The summed E-state index contributed by atoms with van der Waals surface area (Å²) in [4.78, 5) is 34.7. The van der Waals surface area contributed by atoms with Gasteiger partial charge in [0.05, 0.1) is 11.1 Å². The number of aromatic nitrogens is 2. The van der Waals surface area contributed by atoms with Gasteiger partial charge < -0.3 is 14.7 Å². The van der Waals surface area contributed by atoms with Crippen molar-refractivity contribution in [2.45, 2.75) is 100 Å². The predicted octanol–water partition coefficient (Wildman–Crippen LogP) is 7.62. The molecule has 1 aromatic carbocycles. The first-order valence-electron chi connectivity index (χ1n) is 15.1. The molecule has 0 bridgehead atoms. The minimum absolute atomic E-state index is 0.0453. The molecule has 0 saturated heterocycles. The fourth-order valence-corrected chi connectivity index (χ4v) is 5.64. The summed E-state index contributed by atoms with van der Waals surface area (Å²) in [5.74, 6) is 0.416. The maximum atomic E-state index is 14.1. The number of pyridine rings is 1. The lowest BCUT2D eigenvalue weighted by molar-refractivity contribution is -0.137. The van der Waals surface area contributed by atoms with Gasteiger partial charge in [-0.15, -0.1) is 0 Å². The summed E-state index contributed by atoms with van der Waals surface area (Å²) in [6.07, 6.45) is 1.18. The van der Waals surface area contributed by atoms with E-state index in [1.165, 1.54) is 0 Å². The number of carbonyl (C=O) groups is 2. The van der Waals surface area contributed by atoms with Crippen LogP contribution in [0.2, 0.25) is 0 Å². The Hall–Kier alpha value is -3.19. The first kappa shape index (κ1) is 33.3. The Labute approximate surface area is 252 Å². The number of carbonyl (C=O) groups excluding carboxylic acids is 2. The van der Waals surface area contributed by atoms with Gasteiger partial charge in [-0.2, -0.15) is 0 Å². The maximum absolute atomic E-state index is 14.1. The SMILES string of the molecule is Cc1cc(C)cc(-c2c(C(C)CO)c3cc(C(C)(C)C(=O)N(CC(C)C)CC(C)C)cnc3n2C(=O)OC(C)(C)C)c1. The number of aliphatic hydroxyl groups excluding tert-OH is 1. The molecule has 7 heteroatoms. The summed E-state index contributed by atoms with van der Waals surface area (Å²) in [6.45, 7) is 25.1. The van der Waals surface area contributed by atoms with Crippen LogP contribution < -0.4 is 0 Å². The van der Waals surface area contributed by atoms with Crippen molar-refractivity contribution in [1.29, 1.82) is 0 Å². The van der Waals surface area contributed by atoms with Gasteiger partial charge in [-0.1, -0.05) is 51.8 Å². The number of rotatable bonds is 9. The van der Waals surface area contributed by atoms with E-state index in [2.05, 4.69) is 33.8 Å². The van der Waals surface area contributed by atoms with Crippen molar-refractivity contribution in [1.82, 2.24) is 14.5 Å². The molecule has 42 heavy (non-hydrogen) atoms. The molecular weight excluding hydrogens is 526 g/mol. The first-order chi connectivity index (χ1) is 19.4. The van der Waals surface area contributed by atoms with E-state index in [0.717, 1.165) is 33.2 Å². The molecule has 0 aliphatic heterocycles. The van der Waals surface area contributed by atoms with Crippen LogP contribution in [0.25, 0.3) is 22.3 Å². The lowest BCUT2D eigenvalue weighted by Gasteiger charge is -2.34. The number of hydrogen-bond acceptors (Lipinski definition) is 5. The van der Waals surface area contributed by atoms with Crippen LogP contribution in [-0.4, -0.2) is 56.9 Å². The Kier molecular flexibility index (Phi) is 9.98. The molecule has 1 atom stereocenters. The van der Waals surface area contributed by atoms with Crippen molar-refractivity contribution in [2.24, 2.45) is 11.8 Å². The average Bonchev–Trinajstić information content (AvgIpc) is 3.20. The van der Waals surface area contributed by atoms with Crippen molar-refractivity contribution in [3.05, 3.63) is 52.7 Å². The van der Waals surface area contributed by atoms with Crippen LogP contribution in [0, 0.1) is 25.7 Å². The van der Waals surface area contributed by atoms with E-state index in [0.29, 0.717) is 36.3 Å². The highest BCUT2D eigenvalue weighted by Crippen LogP contribution is 2.40. The largest absolute Gasteiger partial charge is 0.443 e. The standard InChI is InChI=1S/C35H51N3O4/c1-21(2)18-37(19-22(3)4)32(40)35(11,12)27-16-28-29(25(7)20-39)30(26-14-23(5)13-24(6)15-26)38(31(28)36-17-27)33(41)42-34(8,9)10/h13-17,21-22,25,39H,18-20H2,1-12H3. The molecule has 230 valence electrons. The second kappa shape index (κ2) is 12.6. The van der Waals surface area contributed by atoms with Gasteiger partial charge in [0.2, 0.25) is 5.91 Å². The first-order valence-corrected chi connectivity index (χ1v) is 15.1. The second-order valence-corrected chi connectivity index (χ2v) is 14.3. The van der Waals surface area contributed by atoms with E-state index >= 15 is 0 Å². The zero-order valence-electron chi connectivity index (χ0n) is 27.8. The molecular formula is C35H51N3O4. The highest BCUT2D eigenvalue weighted by Gasteiger charge is 2.36. The van der Waals surface area contributed by atoms with Crippen LogP contribution in [0.3, 0.4) is 0 Å². The van der Waals surface area contributed by atoms with E-state index in [-0.39, 0.29) is 18.4 Å². The van der Waals surface area contributed by atoms with E-state index in [1.807, 2.05) is 78.5 Å². The second-order valence-electron chi connectivity index (χ2n) is 14.3. The number of benzene rings is 1. The maximum Gasteiger partial charge on any atom is 0.420 e. The summed E-state index contributed by atoms with van der Waals surface area (Å²) < 4.78 is 7.42. The molecule has 2 heterocycles. The summed E-state index contributed by atoms with van der Waals surface area (Å²) in [6, 6.07) is 8.15. The molecule has 2 aromatic heterocycles. The van der Waals surface area contributed by atoms with Crippen LogP contribution in [0.1, 0.15) is 97.4 Å². The zero-order valence-corrected chi connectivity index (χ0v) is 27.8. The molecule has 1 unspecified atom stereocenters. The van der Waals surface area contributed by atoms with Gasteiger partial charge in [-0.05, 0) is 95.2 Å². The van der Waals surface area contributed by atoms with Crippen molar-refractivity contribution < 1.29 is 19.4 Å². The summed E-state index contributed by atoms with van der Waals surface area (Å²) in [7, 11) is 0. The molecule has 0 radical (unpaired) electrons. The Morgan fingerprint density at radius 1 is 0.929 bits per heavy atom. The Bertz CT molecular complexity index is 1410. The molecule has 0 fully saturated rings. The lowest BCUT2D eigenvalue weighted by atomic mass is 9.82. The molecule has 7 nitrogen and oxygen atoms in total. The van der Waals surface area contributed by atoms with Gasteiger partial charge in [0.1, 0.15) is 11.2 Å². The number of aliphatic hydroxyl groups is 1. The number of amides is 1. The van der Waals surface area contributed by atoms with Gasteiger partial charge in [-0.25, -0.2) is 14.3 Å². The molecule has 0 spiro atoms. The number of ether oxygens (including phenoxy) is 1. The highest BCUT2D eigenvalue weighted by molar-refractivity contribution is 5.99. The van der Waals surface area contributed by atoms with E-state index in [1.54, 1.807) is 10.8 Å². The van der Waals surface area contributed by atoms with Crippen LogP contribution in [0.15, 0.2) is 30.5 Å². The van der Waals surface area contributed by atoms with Crippen LogP contribution in [0.5, 0.6) is 0 Å². The zero-order chi connectivity index (χ0) is 31.7. The van der Waals surface area contributed by atoms with Crippen molar-refractivity contribution >= 4 is 23.0 Å². The van der Waals surface area contributed by atoms with E-state index in [9.17, 15) is 14.7 Å². The predicted molar refractivity (Wildman–Crippen MR) is 171 cm³/mol. The fourth-order valence-electron chi connectivity index (χ4n) is 5.64. The van der Waals surface area contributed by atoms with Gasteiger partial charge in [-0.3, -0.25) is 4.79 Å². The molecule has 1 amide bonds. The van der Waals surface area contributed by atoms with E-state index in [4.69, 9.17) is 9.72 Å². The smallest absolute Gasteiger partial charge is 0.420 e. The Balaban J connectivity index is 2.36. The molecule has 3 aromatic rings. The van der Waals surface area contributed by atoms with E-state index < -0.39 is 17.1 Å². The third-order valence-electron chi connectivity index (χ3n) is 7.40. The van der Waals surface area contributed by atoms with Crippen LogP contribution in [0.4, 0.5) is 4.79 Å². The van der Waals surface area contributed by atoms with Crippen LogP contribution >= 0.6 is 0 Å². The molecule has 0 aliphatic carbocycles. The monoisotopic (exact) mass is 577 g/mol. The third kappa shape index (κ3) is 7.23. The normalized spacial score (nSPS) is 13.2. The van der Waals surface area contributed by atoms with Crippen molar-refractivity contribution in [2.75, 3.05) is 19.7 Å². The Morgan fingerprint density at radius 2 is 1.48 bits per heavy atom. The third-order valence-corrected chi connectivity index (χ3v) is 7.40. The fraction of sp³-hybridized carbons (Fsp3) is 0.571. The highest BCUT2D eigenvalue weighted by atomic mass is 16.6. The molecule has 3 rings (SSSR count). The molecule has 0 saturated carbocycles. The molecule has 1 N–H and O–H groups in total.